The summed E-state index contributed by atoms with van der Waals surface area (Å²) in [6.07, 6.45) is 5.07. The summed E-state index contributed by atoms with van der Waals surface area (Å²) in [4.78, 5) is 31.9. The van der Waals surface area contributed by atoms with Crippen molar-refractivity contribution in [2.75, 3.05) is 13.1 Å². The fourth-order valence-electron chi connectivity index (χ4n) is 4.88. The van der Waals surface area contributed by atoms with Crippen LogP contribution in [0.1, 0.15) is 77.8 Å². The Bertz CT molecular complexity index is 1280. The van der Waals surface area contributed by atoms with Crippen molar-refractivity contribution in [3.63, 3.8) is 0 Å². The largest absolute Gasteiger partial charge is 0.484 e. The number of aryl methyl sites for hydroxylation is 1. The van der Waals surface area contributed by atoms with Gasteiger partial charge in [-0.25, -0.2) is 4.98 Å². The Morgan fingerprint density at radius 1 is 1.19 bits per heavy atom. The van der Waals surface area contributed by atoms with E-state index in [-0.39, 0.29) is 36.1 Å². The number of nitrogens with one attached hydrogen (secondary N) is 1. The summed E-state index contributed by atoms with van der Waals surface area (Å²) < 4.78 is 11.5. The number of oxazole rings is 1. The minimum absolute atomic E-state index is 0.109. The fraction of sp³-hybridized carbons (Fsp3) is 0.433. The van der Waals surface area contributed by atoms with Crippen molar-refractivity contribution in [1.82, 2.24) is 15.2 Å². The molecule has 1 aliphatic heterocycles. The van der Waals surface area contributed by atoms with Crippen molar-refractivity contribution in [3.8, 4) is 5.75 Å². The number of benzene rings is 2. The van der Waals surface area contributed by atoms with Gasteiger partial charge in [-0.15, -0.1) is 0 Å². The molecule has 2 amide bonds. The minimum Gasteiger partial charge on any atom is -0.484 e. The Kier molecular flexibility index (Phi) is 7.31. The predicted octanol–water partition coefficient (Wildman–Crippen LogP) is 5.22. The lowest BCUT2D eigenvalue weighted by atomic mass is 9.87. The van der Waals surface area contributed by atoms with Crippen LogP contribution in [0.3, 0.4) is 0 Å². The Labute approximate surface area is 218 Å². The zero-order valence-electron chi connectivity index (χ0n) is 21.8. The van der Waals surface area contributed by atoms with E-state index in [1.54, 1.807) is 0 Å². The number of aromatic nitrogens is 1. The first kappa shape index (κ1) is 25.1. The van der Waals surface area contributed by atoms with E-state index in [2.05, 4.69) is 66.3 Å². The molecule has 0 bridgehead atoms. The van der Waals surface area contributed by atoms with E-state index in [1.807, 2.05) is 12.1 Å². The third-order valence-electron chi connectivity index (χ3n) is 7.07. The van der Waals surface area contributed by atoms with Crippen LogP contribution in [0, 0.1) is 18.8 Å². The maximum atomic E-state index is 13.2. The van der Waals surface area contributed by atoms with Gasteiger partial charge in [0.05, 0.1) is 6.04 Å². The van der Waals surface area contributed by atoms with Gasteiger partial charge in [0.25, 0.3) is 5.91 Å². The van der Waals surface area contributed by atoms with Crippen LogP contribution in [0.2, 0.25) is 0 Å². The molecule has 0 radical (unpaired) electrons. The van der Waals surface area contributed by atoms with Gasteiger partial charge in [-0.2, -0.15) is 0 Å². The van der Waals surface area contributed by atoms with Crippen molar-refractivity contribution >= 4 is 11.8 Å². The van der Waals surface area contributed by atoms with Gasteiger partial charge >= 0.3 is 0 Å². The van der Waals surface area contributed by atoms with Crippen molar-refractivity contribution in [3.05, 3.63) is 82.6 Å². The smallest absolute Gasteiger partial charge is 0.273 e. The number of fused-ring (bicyclic) bond motifs is 1. The number of amides is 2. The highest BCUT2D eigenvalue weighted by atomic mass is 16.5. The van der Waals surface area contributed by atoms with Crippen LogP contribution in [-0.2, 0) is 17.8 Å². The van der Waals surface area contributed by atoms with E-state index < -0.39 is 0 Å². The zero-order valence-corrected chi connectivity index (χ0v) is 21.8. The van der Waals surface area contributed by atoms with Crippen LogP contribution < -0.4 is 10.1 Å². The molecule has 1 saturated carbocycles. The lowest BCUT2D eigenvalue weighted by Crippen LogP contribution is -2.41. The second-order valence-electron chi connectivity index (χ2n) is 10.6. The number of hydrogen-bond acceptors (Lipinski definition) is 5. The molecule has 0 saturated heterocycles. The van der Waals surface area contributed by atoms with E-state index in [4.69, 9.17) is 9.15 Å². The molecular weight excluding hydrogens is 466 g/mol. The molecule has 1 fully saturated rings. The molecule has 1 atom stereocenters. The molecule has 1 aromatic heterocycles. The van der Waals surface area contributed by atoms with Crippen LogP contribution >= 0.6 is 0 Å². The molecule has 1 unspecified atom stereocenters. The number of rotatable bonds is 9. The number of ether oxygens (including phenoxy) is 1. The molecule has 2 aliphatic rings. The summed E-state index contributed by atoms with van der Waals surface area (Å²) in [5, 5.41) is 2.87. The first-order chi connectivity index (χ1) is 17.9. The van der Waals surface area contributed by atoms with Gasteiger partial charge in [0.15, 0.2) is 12.3 Å². The summed E-state index contributed by atoms with van der Waals surface area (Å²) in [5.74, 6) is 1.71. The highest BCUT2D eigenvalue weighted by Crippen LogP contribution is 2.41. The lowest BCUT2D eigenvalue weighted by Gasteiger charge is -2.38. The van der Waals surface area contributed by atoms with E-state index in [9.17, 15) is 9.59 Å². The molecule has 7 nitrogen and oxygen atoms in total. The summed E-state index contributed by atoms with van der Waals surface area (Å²) in [6, 6.07) is 14.4. The van der Waals surface area contributed by atoms with Crippen molar-refractivity contribution < 1.29 is 18.7 Å². The molecule has 1 aliphatic carbocycles. The summed E-state index contributed by atoms with van der Waals surface area (Å²) >= 11 is 0. The fourth-order valence-corrected chi connectivity index (χ4v) is 4.88. The minimum atomic E-state index is -0.245. The van der Waals surface area contributed by atoms with Gasteiger partial charge in [0, 0.05) is 19.0 Å². The summed E-state index contributed by atoms with van der Waals surface area (Å²) in [6.45, 7) is 7.74. The average Bonchev–Trinajstić information content (AvgIpc) is 3.63. The highest BCUT2D eigenvalue weighted by molar-refractivity contribution is 5.91. The molecule has 2 aromatic carbocycles. The van der Waals surface area contributed by atoms with Gasteiger partial charge in [-0.1, -0.05) is 49.7 Å². The van der Waals surface area contributed by atoms with Gasteiger partial charge < -0.3 is 19.4 Å². The normalized spacial score (nSPS) is 17.0. The van der Waals surface area contributed by atoms with Crippen LogP contribution in [0.4, 0.5) is 0 Å². The predicted molar refractivity (Wildman–Crippen MR) is 140 cm³/mol. The Balaban J connectivity index is 1.32. The Morgan fingerprint density at radius 2 is 2.03 bits per heavy atom. The third-order valence-corrected chi connectivity index (χ3v) is 7.07. The van der Waals surface area contributed by atoms with Gasteiger partial charge in [0.1, 0.15) is 12.0 Å². The lowest BCUT2D eigenvalue weighted by molar-refractivity contribution is -0.134. The van der Waals surface area contributed by atoms with E-state index in [0.29, 0.717) is 24.1 Å². The molecule has 5 rings (SSSR count). The molecule has 1 N–H and O–H groups in total. The van der Waals surface area contributed by atoms with Gasteiger partial charge in [-0.05, 0) is 67.3 Å². The number of hydrogen-bond donors (Lipinski definition) is 1. The third kappa shape index (κ3) is 5.87. The van der Waals surface area contributed by atoms with Gasteiger partial charge in [-0.3, -0.25) is 9.59 Å². The second-order valence-corrected chi connectivity index (χ2v) is 10.6. The molecule has 37 heavy (non-hydrogen) atoms. The first-order valence-corrected chi connectivity index (χ1v) is 13.2. The maximum absolute atomic E-state index is 13.2. The zero-order chi connectivity index (χ0) is 25.9. The maximum Gasteiger partial charge on any atom is 0.273 e. The first-order valence-electron chi connectivity index (χ1n) is 13.2. The molecule has 3 aromatic rings. The number of nitrogens with zero attached hydrogens (tertiary/aromatic N) is 2. The SMILES string of the molecule is Cc1cccc(C2c3cc(OCc4nc(C(=O)NCCC(C)C)co4)ccc3CCN2C(=O)C2CC2)c1. The van der Waals surface area contributed by atoms with E-state index in [0.717, 1.165) is 43.4 Å². The molecule has 7 heteroatoms. The van der Waals surface area contributed by atoms with Crippen molar-refractivity contribution in [1.29, 1.82) is 0 Å². The Hall–Kier alpha value is -3.61. The molecule has 2 heterocycles. The van der Waals surface area contributed by atoms with Crippen molar-refractivity contribution in [2.24, 2.45) is 11.8 Å². The molecule has 0 spiro atoms. The van der Waals surface area contributed by atoms with Gasteiger partial charge in [0.2, 0.25) is 11.8 Å². The standard InChI is InChI=1S/C30H35N3O4/c1-19(2)11-13-31-29(34)26-17-37-27(32-26)18-36-24-10-9-21-12-14-33(30(35)22-7-8-22)28(25(21)16-24)23-6-4-5-20(3)15-23/h4-6,9-10,15-17,19,22,28H,7-8,11-14,18H2,1-3H3,(H,31,34). The van der Waals surface area contributed by atoms with E-state index in [1.165, 1.54) is 17.4 Å². The van der Waals surface area contributed by atoms with Crippen LogP contribution in [0.25, 0.3) is 0 Å². The Morgan fingerprint density at radius 3 is 2.78 bits per heavy atom. The highest BCUT2D eigenvalue weighted by Gasteiger charge is 2.39. The van der Waals surface area contributed by atoms with Crippen molar-refractivity contribution in [2.45, 2.75) is 59.1 Å². The molecular formula is C30H35N3O4. The number of carbonyl (C=O) groups is 2. The second kappa shape index (κ2) is 10.8. The average molecular weight is 502 g/mol. The number of carbonyl (C=O) groups excluding carboxylic acids is 2. The van der Waals surface area contributed by atoms with Crippen LogP contribution in [-0.4, -0.2) is 34.8 Å². The molecule has 194 valence electrons. The summed E-state index contributed by atoms with van der Waals surface area (Å²) in [5.41, 5.74) is 4.87. The topological polar surface area (TPSA) is 84.7 Å². The summed E-state index contributed by atoms with van der Waals surface area (Å²) in [7, 11) is 0. The quantitative estimate of drug-likeness (QED) is 0.434. The van der Waals surface area contributed by atoms with Crippen LogP contribution in [0.15, 0.2) is 53.1 Å². The van der Waals surface area contributed by atoms with Crippen LogP contribution in [0.5, 0.6) is 5.75 Å². The van der Waals surface area contributed by atoms with E-state index >= 15 is 0 Å². The monoisotopic (exact) mass is 501 g/mol.